The highest BCUT2D eigenvalue weighted by atomic mass is 16.4. The molecule has 0 fully saturated rings. The third-order valence-electron chi connectivity index (χ3n) is 3.87. The van der Waals surface area contributed by atoms with Crippen LogP contribution in [-0.2, 0) is 6.42 Å². The molecule has 1 aromatic rings. The monoisotopic (exact) mass is 292 g/mol. The molecule has 0 spiro atoms. The summed E-state index contributed by atoms with van der Waals surface area (Å²) in [5, 5.41) is 18.6. The van der Waals surface area contributed by atoms with E-state index in [1.807, 2.05) is 0 Å². The van der Waals surface area contributed by atoms with Gasteiger partial charge in [-0.2, -0.15) is 0 Å². The molecule has 0 bridgehead atoms. The van der Waals surface area contributed by atoms with Crippen LogP contribution in [0.1, 0.15) is 80.6 Å². The van der Waals surface area contributed by atoms with Gasteiger partial charge in [0.1, 0.15) is 5.75 Å². The Labute approximate surface area is 128 Å². The van der Waals surface area contributed by atoms with Crippen molar-refractivity contribution in [3.8, 4) is 5.75 Å². The van der Waals surface area contributed by atoms with E-state index in [2.05, 4.69) is 6.92 Å². The first-order chi connectivity index (χ1) is 10.1. The Hall–Kier alpha value is -1.51. The van der Waals surface area contributed by atoms with Gasteiger partial charge < -0.3 is 10.2 Å². The number of rotatable bonds is 11. The molecule has 0 aliphatic rings. The molecule has 0 unspecified atom stereocenters. The number of benzene rings is 1. The van der Waals surface area contributed by atoms with Crippen LogP contribution in [0.4, 0.5) is 0 Å². The van der Waals surface area contributed by atoms with Gasteiger partial charge in [0, 0.05) is 0 Å². The molecule has 0 aliphatic carbocycles. The summed E-state index contributed by atoms with van der Waals surface area (Å²) in [5.74, 6) is -0.771. The molecule has 0 atom stereocenters. The van der Waals surface area contributed by atoms with Crippen LogP contribution in [0, 0.1) is 0 Å². The van der Waals surface area contributed by atoms with Crippen LogP contribution in [0.25, 0.3) is 0 Å². The number of aromatic carboxylic acids is 1. The Morgan fingerprint density at radius 1 is 0.952 bits per heavy atom. The van der Waals surface area contributed by atoms with E-state index in [4.69, 9.17) is 5.11 Å². The van der Waals surface area contributed by atoms with Gasteiger partial charge in [-0.3, -0.25) is 0 Å². The second kappa shape index (κ2) is 10.3. The largest absolute Gasteiger partial charge is 0.508 e. The van der Waals surface area contributed by atoms with Crippen molar-refractivity contribution >= 4 is 5.97 Å². The summed E-state index contributed by atoms with van der Waals surface area (Å²) in [6, 6.07) is 4.50. The standard InChI is InChI=1S/C18H28O3/c1-2-3-4-5-6-7-8-9-10-11-15-14-16(19)12-13-17(15)18(20)21/h12-14,19H,2-11H2,1H3,(H,20,21). The SMILES string of the molecule is CCCCCCCCCCCc1cc(O)ccc1C(=O)O. The summed E-state index contributed by atoms with van der Waals surface area (Å²) in [7, 11) is 0. The van der Waals surface area contributed by atoms with Crippen LogP contribution in [0.15, 0.2) is 18.2 Å². The number of aryl methyl sites for hydroxylation is 1. The van der Waals surface area contributed by atoms with Crippen LogP contribution in [0.3, 0.4) is 0 Å². The molecule has 1 rings (SSSR count). The molecule has 1 aromatic carbocycles. The molecule has 3 nitrogen and oxygen atoms in total. The Morgan fingerprint density at radius 2 is 1.52 bits per heavy atom. The summed E-state index contributed by atoms with van der Waals surface area (Å²) in [6.07, 6.45) is 12.0. The minimum Gasteiger partial charge on any atom is -0.508 e. The lowest BCUT2D eigenvalue weighted by molar-refractivity contribution is 0.0695. The third-order valence-corrected chi connectivity index (χ3v) is 3.87. The second-order valence-corrected chi connectivity index (χ2v) is 5.73. The zero-order valence-corrected chi connectivity index (χ0v) is 13.1. The van der Waals surface area contributed by atoms with E-state index in [9.17, 15) is 9.90 Å². The number of hydrogen-bond donors (Lipinski definition) is 2. The number of carboxylic acid groups (broad SMARTS) is 1. The maximum atomic E-state index is 11.1. The highest BCUT2D eigenvalue weighted by Gasteiger charge is 2.10. The lowest BCUT2D eigenvalue weighted by atomic mass is 10.00. The van der Waals surface area contributed by atoms with Crippen molar-refractivity contribution in [2.75, 3.05) is 0 Å². The van der Waals surface area contributed by atoms with Crippen molar-refractivity contribution in [2.24, 2.45) is 0 Å². The van der Waals surface area contributed by atoms with E-state index in [0.29, 0.717) is 5.56 Å². The summed E-state index contributed by atoms with van der Waals surface area (Å²) in [6.45, 7) is 2.23. The highest BCUT2D eigenvalue weighted by molar-refractivity contribution is 5.89. The Morgan fingerprint density at radius 3 is 2.10 bits per heavy atom. The van der Waals surface area contributed by atoms with Crippen molar-refractivity contribution in [3.05, 3.63) is 29.3 Å². The molecule has 3 heteroatoms. The first-order valence-corrected chi connectivity index (χ1v) is 8.20. The Bertz CT molecular complexity index is 426. The number of hydrogen-bond acceptors (Lipinski definition) is 2. The van der Waals surface area contributed by atoms with Crippen molar-refractivity contribution in [1.29, 1.82) is 0 Å². The average molecular weight is 292 g/mol. The number of phenolic OH excluding ortho intramolecular Hbond substituents is 1. The Balaban J connectivity index is 2.21. The van der Waals surface area contributed by atoms with Crippen molar-refractivity contribution in [3.63, 3.8) is 0 Å². The van der Waals surface area contributed by atoms with E-state index < -0.39 is 5.97 Å². The van der Waals surface area contributed by atoms with E-state index in [-0.39, 0.29) is 5.75 Å². The molecule has 0 saturated heterocycles. The highest BCUT2D eigenvalue weighted by Crippen LogP contribution is 2.19. The van der Waals surface area contributed by atoms with Gasteiger partial charge in [-0.25, -0.2) is 4.79 Å². The van der Waals surface area contributed by atoms with Crippen LogP contribution < -0.4 is 0 Å². The lowest BCUT2D eigenvalue weighted by Gasteiger charge is -2.07. The fraction of sp³-hybridized carbons (Fsp3) is 0.611. The van der Waals surface area contributed by atoms with E-state index in [0.717, 1.165) is 24.8 Å². The summed E-state index contributed by atoms with van der Waals surface area (Å²) < 4.78 is 0. The van der Waals surface area contributed by atoms with Crippen molar-refractivity contribution in [2.45, 2.75) is 71.1 Å². The topological polar surface area (TPSA) is 57.5 Å². The lowest BCUT2D eigenvalue weighted by Crippen LogP contribution is -2.02. The average Bonchev–Trinajstić information content (AvgIpc) is 2.45. The summed E-state index contributed by atoms with van der Waals surface area (Å²) >= 11 is 0. The first kappa shape index (κ1) is 17.5. The maximum absolute atomic E-state index is 11.1. The molecule has 118 valence electrons. The molecular weight excluding hydrogens is 264 g/mol. The van der Waals surface area contributed by atoms with Crippen LogP contribution in [0.2, 0.25) is 0 Å². The van der Waals surface area contributed by atoms with Crippen LogP contribution in [-0.4, -0.2) is 16.2 Å². The van der Waals surface area contributed by atoms with E-state index in [1.54, 1.807) is 6.07 Å². The van der Waals surface area contributed by atoms with Gasteiger partial charge in [-0.15, -0.1) is 0 Å². The van der Waals surface area contributed by atoms with Crippen molar-refractivity contribution < 1.29 is 15.0 Å². The predicted octanol–water partition coefficient (Wildman–Crippen LogP) is 5.16. The maximum Gasteiger partial charge on any atom is 0.335 e. The van der Waals surface area contributed by atoms with Crippen LogP contribution >= 0.6 is 0 Å². The number of aromatic hydroxyl groups is 1. The molecule has 0 aromatic heterocycles. The molecule has 21 heavy (non-hydrogen) atoms. The van der Waals surface area contributed by atoms with Crippen LogP contribution in [0.5, 0.6) is 5.75 Å². The van der Waals surface area contributed by atoms with Gasteiger partial charge in [0.25, 0.3) is 0 Å². The van der Waals surface area contributed by atoms with E-state index in [1.165, 1.54) is 57.1 Å². The normalized spacial score (nSPS) is 10.7. The molecule has 0 amide bonds. The number of carbonyl (C=O) groups is 1. The van der Waals surface area contributed by atoms with Crippen molar-refractivity contribution in [1.82, 2.24) is 0 Å². The molecule has 0 heterocycles. The Kier molecular flexibility index (Phi) is 8.56. The van der Waals surface area contributed by atoms with Gasteiger partial charge >= 0.3 is 5.97 Å². The zero-order chi connectivity index (χ0) is 15.5. The first-order valence-electron chi connectivity index (χ1n) is 8.20. The zero-order valence-electron chi connectivity index (χ0n) is 13.1. The minimum atomic E-state index is -0.916. The fourth-order valence-electron chi connectivity index (χ4n) is 2.62. The third kappa shape index (κ3) is 7.16. The smallest absolute Gasteiger partial charge is 0.335 e. The number of carboxylic acids is 1. The van der Waals surface area contributed by atoms with Gasteiger partial charge in [0.05, 0.1) is 5.56 Å². The summed E-state index contributed by atoms with van der Waals surface area (Å²) in [4.78, 5) is 11.1. The molecule has 0 radical (unpaired) electrons. The molecule has 0 aliphatic heterocycles. The van der Waals surface area contributed by atoms with E-state index >= 15 is 0 Å². The summed E-state index contributed by atoms with van der Waals surface area (Å²) in [5.41, 5.74) is 1.05. The quantitative estimate of drug-likeness (QED) is 0.554. The van der Waals surface area contributed by atoms with Gasteiger partial charge in [0.15, 0.2) is 0 Å². The molecule has 2 N–H and O–H groups in total. The molecule has 0 saturated carbocycles. The minimum absolute atomic E-state index is 0.144. The number of phenols is 1. The predicted molar refractivity (Wildman–Crippen MR) is 86.0 cm³/mol. The fourth-order valence-corrected chi connectivity index (χ4v) is 2.62. The van der Waals surface area contributed by atoms with Gasteiger partial charge in [-0.1, -0.05) is 58.3 Å². The van der Waals surface area contributed by atoms with Gasteiger partial charge in [0.2, 0.25) is 0 Å². The second-order valence-electron chi connectivity index (χ2n) is 5.73. The number of unbranched alkanes of at least 4 members (excludes halogenated alkanes) is 8. The molecular formula is C18H28O3. The van der Waals surface area contributed by atoms with Gasteiger partial charge in [-0.05, 0) is 36.6 Å².